The Hall–Kier alpha value is -1.88. The number of rotatable bonds is 6. The summed E-state index contributed by atoms with van der Waals surface area (Å²) in [6.45, 7) is 2.40. The second kappa shape index (κ2) is 8.83. The molecule has 24 heavy (non-hydrogen) atoms. The van der Waals surface area contributed by atoms with Crippen molar-refractivity contribution in [2.24, 2.45) is 0 Å². The van der Waals surface area contributed by atoms with E-state index in [1.807, 2.05) is 38.1 Å². The standard InChI is InChI=1S/C19H23NO3.ClH/c1-15(14-20(2)3)23-18(21)19(22,16-10-6-4-7-11-16)17-12-8-5-9-13-17;/h4-13,15,22H,14H2,1-3H3;1H. The fourth-order valence-electron chi connectivity index (χ4n) is 2.58. The number of hydrogen-bond acceptors (Lipinski definition) is 4. The monoisotopic (exact) mass is 349 g/mol. The SMILES string of the molecule is CC(CN(C)C)OC(=O)C(O)(c1ccccc1)c1ccccc1.Cl. The van der Waals surface area contributed by atoms with Gasteiger partial charge in [-0.05, 0) is 32.1 Å². The largest absolute Gasteiger partial charge is 0.459 e. The van der Waals surface area contributed by atoms with Gasteiger partial charge < -0.3 is 14.7 Å². The van der Waals surface area contributed by atoms with Crippen LogP contribution in [0.4, 0.5) is 0 Å². The minimum Gasteiger partial charge on any atom is -0.459 e. The van der Waals surface area contributed by atoms with E-state index in [9.17, 15) is 9.90 Å². The second-order valence-electron chi connectivity index (χ2n) is 5.92. The lowest BCUT2D eigenvalue weighted by Gasteiger charge is -2.29. The van der Waals surface area contributed by atoms with Gasteiger partial charge in [0.25, 0.3) is 0 Å². The van der Waals surface area contributed by atoms with Crippen LogP contribution in [0.3, 0.4) is 0 Å². The first kappa shape index (κ1) is 20.2. The van der Waals surface area contributed by atoms with Crippen molar-refractivity contribution in [1.82, 2.24) is 4.90 Å². The van der Waals surface area contributed by atoms with Crippen LogP contribution in [0.15, 0.2) is 60.7 Å². The Morgan fingerprint density at radius 1 is 1.04 bits per heavy atom. The summed E-state index contributed by atoms with van der Waals surface area (Å²) in [6, 6.07) is 17.8. The first-order valence-electron chi connectivity index (χ1n) is 7.64. The van der Waals surface area contributed by atoms with Crippen molar-refractivity contribution in [3.63, 3.8) is 0 Å². The maximum absolute atomic E-state index is 12.8. The summed E-state index contributed by atoms with van der Waals surface area (Å²) in [6.07, 6.45) is -0.323. The fourth-order valence-corrected chi connectivity index (χ4v) is 2.58. The van der Waals surface area contributed by atoms with E-state index in [2.05, 4.69) is 0 Å². The first-order valence-corrected chi connectivity index (χ1v) is 7.64. The lowest BCUT2D eigenvalue weighted by molar-refractivity contribution is -0.167. The zero-order chi connectivity index (χ0) is 16.9. The van der Waals surface area contributed by atoms with E-state index >= 15 is 0 Å². The normalized spacial score (nSPS) is 12.4. The molecule has 0 radical (unpaired) electrons. The Labute approximate surface area is 149 Å². The van der Waals surface area contributed by atoms with Gasteiger partial charge in [-0.2, -0.15) is 0 Å². The highest BCUT2D eigenvalue weighted by atomic mass is 35.5. The van der Waals surface area contributed by atoms with Gasteiger partial charge in [0.05, 0.1) is 0 Å². The number of halogens is 1. The fraction of sp³-hybridized carbons (Fsp3) is 0.316. The molecular weight excluding hydrogens is 326 g/mol. The molecule has 0 aromatic heterocycles. The molecule has 130 valence electrons. The minimum absolute atomic E-state index is 0. The van der Waals surface area contributed by atoms with Crippen LogP contribution in [0.25, 0.3) is 0 Å². The van der Waals surface area contributed by atoms with Crippen molar-refractivity contribution in [3.05, 3.63) is 71.8 Å². The molecule has 5 heteroatoms. The number of carbonyl (C=O) groups is 1. The molecule has 0 bridgehead atoms. The number of likely N-dealkylation sites (N-methyl/N-ethyl adjacent to an activating group) is 1. The number of carbonyl (C=O) groups excluding carboxylic acids is 1. The van der Waals surface area contributed by atoms with Gasteiger partial charge in [-0.25, -0.2) is 4.79 Å². The van der Waals surface area contributed by atoms with Gasteiger partial charge in [0.15, 0.2) is 0 Å². The molecule has 0 saturated carbocycles. The molecule has 1 unspecified atom stereocenters. The molecule has 4 nitrogen and oxygen atoms in total. The number of hydrogen-bond donors (Lipinski definition) is 1. The molecular formula is C19H24ClNO3. The van der Waals surface area contributed by atoms with Crippen LogP contribution in [0.1, 0.15) is 18.1 Å². The average molecular weight is 350 g/mol. The van der Waals surface area contributed by atoms with Crippen LogP contribution in [-0.4, -0.2) is 42.7 Å². The van der Waals surface area contributed by atoms with Crippen molar-refractivity contribution in [2.75, 3.05) is 20.6 Å². The smallest absolute Gasteiger partial charge is 0.348 e. The lowest BCUT2D eigenvalue weighted by Crippen LogP contribution is -2.41. The molecule has 0 heterocycles. The van der Waals surface area contributed by atoms with Crippen LogP contribution in [0.2, 0.25) is 0 Å². The Morgan fingerprint density at radius 2 is 1.46 bits per heavy atom. The van der Waals surface area contributed by atoms with Crippen LogP contribution in [0.5, 0.6) is 0 Å². The van der Waals surface area contributed by atoms with Crippen molar-refractivity contribution in [3.8, 4) is 0 Å². The van der Waals surface area contributed by atoms with Crippen molar-refractivity contribution >= 4 is 18.4 Å². The first-order chi connectivity index (χ1) is 10.9. The number of benzene rings is 2. The molecule has 0 aliphatic heterocycles. The molecule has 0 aliphatic carbocycles. The molecule has 0 fully saturated rings. The highest BCUT2D eigenvalue weighted by Gasteiger charge is 2.42. The molecule has 0 aliphatic rings. The van der Waals surface area contributed by atoms with E-state index in [0.29, 0.717) is 17.7 Å². The minimum atomic E-state index is -1.82. The third-order valence-electron chi connectivity index (χ3n) is 3.61. The summed E-state index contributed by atoms with van der Waals surface area (Å²) < 4.78 is 5.50. The van der Waals surface area contributed by atoms with Gasteiger partial charge in [0.2, 0.25) is 5.60 Å². The summed E-state index contributed by atoms with van der Waals surface area (Å²) in [5, 5.41) is 11.2. The van der Waals surface area contributed by atoms with Crippen LogP contribution >= 0.6 is 12.4 Å². The number of esters is 1. The van der Waals surface area contributed by atoms with E-state index < -0.39 is 11.6 Å². The van der Waals surface area contributed by atoms with E-state index in [4.69, 9.17) is 4.74 Å². The Bertz CT molecular complexity index is 592. The van der Waals surface area contributed by atoms with Crippen molar-refractivity contribution < 1.29 is 14.6 Å². The van der Waals surface area contributed by atoms with Gasteiger partial charge in [-0.1, -0.05) is 60.7 Å². The summed E-state index contributed by atoms with van der Waals surface area (Å²) in [4.78, 5) is 14.7. The molecule has 0 saturated heterocycles. The molecule has 0 amide bonds. The van der Waals surface area contributed by atoms with Gasteiger partial charge in [0.1, 0.15) is 6.10 Å². The maximum Gasteiger partial charge on any atom is 0.348 e. The van der Waals surface area contributed by atoms with Crippen molar-refractivity contribution in [2.45, 2.75) is 18.6 Å². The maximum atomic E-state index is 12.8. The third kappa shape index (κ3) is 4.57. The third-order valence-corrected chi connectivity index (χ3v) is 3.61. The summed E-state index contributed by atoms with van der Waals surface area (Å²) in [5.74, 6) is -0.663. The Balaban J connectivity index is 0.00000288. The number of nitrogens with zero attached hydrogens (tertiary/aromatic N) is 1. The molecule has 1 atom stereocenters. The number of aliphatic hydroxyl groups is 1. The lowest BCUT2D eigenvalue weighted by atomic mass is 9.86. The van der Waals surface area contributed by atoms with E-state index in [1.165, 1.54) is 0 Å². The predicted molar refractivity (Wildman–Crippen MR) is 97.2 cm³/mol. The summed E-state index contributed by atoms with van der Waals surface area (Å²) in [7, 11) is 3.82. The zero-order valence-corrected chi connectivity index (χ0v) is 15.0. The van der Waals surface area contributed by atoms with Crippen LogP contribution in [0, 0.1) is 0 Å². The van der Waals surface area contributed by atoms with Gasteiger partial charge in [-0.3, -0.25) is 0 Å². The quantitative estimate of drug-likeness (QED) is 0.815. The highest BCUT2D eigenvalue weighted by molar-refractivity contribution is 5.85. The van der Waals surface area contributed by atoms with Crippen LogP contribution in [-0.2, 0) is 15.1 Å². The van der Waals surface area contributed by atoms with E-state index in [0.717, 1.165) is 0 Å². The summed E-state index contributed by atoms with van der Waals surface area (Å²) in [5.41, 5.74) is -0.829. The predicted octanol–water partition coefficient (Wildman–Crippen LogP) is 2.84. The number of ether oxygens (including phenoxy) is 1. The van der Waals surface area contributed by atoms with Gasteiger partial charge in [0, 0.05) is 6.54 Å². The van der Waals surface area contributed by atoms with E-state index in [1.54, 1.807) is 48.5 Å². The van der Waals surface area contributed by atoms with Crippen LogP contribution < -0.4 is 0 Å². The molecule has 2 aromatic carbocycles. The van der Waals surface area contributed by atoms with E-state index in [-0.39, 0.29) is 18.5 Å². The topological polar surface area (TPSA) is 49.8 Å². The molecule has 2 rings (SSSR count). The Morgan fingerprint density at radius 3 is 1.83 bits per heavy atom. The second-order valence-corrected chi connectivity index (χ2v) is 5.92. The Kier molecular flexibility index (Phi) is 7.42. The average Bonchev–Trinajstić information content (AvgIpc) is 2.54. The van der Waals surface area contributed by atoms with Gasteiger partial charge >= 0.3 is 5.97 Å². The molecule has 2 aromatic rings. The zero-order valence-electron chi connectivity index (χ0n) is 14.2. The molecule has 1 N–H and O–H groups in total. The summed E-state index contributed by atoms with van der Waals surface area (Å²) >= 11 is 0. The molecule has 0 spiro atoms. The van der Waals surface area contributed by atoms with Gasteiger partial charge in [-0.15, -0.1) is 12.4 Å². The van der Waals surface area contributed by atoms with Crippen molar-refractivity contribution in [1.29, 1.82) is 0 Å². The highest BCUT2D eigenvalue weighted by Crippen LogP contribution is 2.31.